The number of halogens is 1. The number of hydrogen-bond donors (Lipinski definition) is 1. The summed E-state index contributed by atoms with van der Waals surface area (Å²) in [5.41, 5.74) is 1.14. The van der Waals surface area contributed by atoms with Gasteiger partial charge in [-0.15, -0.1) is 11.6 Å². The van der Waals surface area contributed by atoms with E-state index in [0.717, 1.165) is 31.4 Å². The van der Waals surface area contributed by atoms with E-state index in [2.05, 4.69) is 16.8 Å². The number of carbonyl (C=O) groups excluding carboxylic acids is 1. The third kappa shape index (κ3) is 5.55. The van der Waals surface area contributed by atoms with Crippen LogP contribution in [0.5, 0.6) is 0 Å². The molecule has 0 aromatic heterocycles. The Morgan fingerprint density at radius 1 is 1.53 bits per heavy atom. The van der Waals surface area contributed by atoms with Crippen molar-refractivity contribution in [2.75, 3.05) is 27.2 Å². The average Bonchev–Trinajstić information content (AvgIpc) is 2.21. The second kappa shape index (κ2) is 7.02. The zero-order valence-corrected chi connectivity index (χ0v) is 11.6. The predicted octanol–water partition coefficient (Wildman–Crippen LogP) is 2.02. The quantitative estimate of drug-likeness (QED) is 0.605. The smallest absolute Gasteiger partial charge is 0.220 e. The zero-order valence-electron chi connectivity index (χ0n) is 10.8. The maximum Gasteiger partial charge on any atom is 0.220 e. The third-order valence-corrected chi connectivity index (χ3v) is 3.57. The lowest BCUT2D eigenvalue weighted by Gasteiger charge is -2.27. The molecule has 2 atom stereocenters. The van der Waals surface area contributed by atoms with E-state index < -0.39 is 0 Å². The predicted molar refractivity (Wildman–Crippen MR) is 72.3 cm³/mol. The SMILES string of the molecule is C=C1CC(Cl)CCC1CC(=O)NCCN(C)C. The van der Waals surface area contributed by atoms with E-state index in [9.17, 15) is 4.79 Å². The van der Waals surface area contributed by atoms with E-state index in [-0.39, 0.29) is 11.3 Å². The third-order valence-electron chi connectivity index (χ3n) is 3.20. The molecule has 0 aromatic rings. The van der Waals surface area contributed by atoms with Gasteiger partial charge in [-0.25, -0.2) is 0 Å². The number of likely N-dealkylation sites (N-methyl/N-ethyl adjacent to an activating group) is 1. The van der Waals surface area contributed by atoms with Crippen molar-refractivity contribution in [3.63, 3.8) is 0 Å². The molecule has 0 aromatic carbocycles. The van der Waals surface area contributed by atoms with Crippen LogP contribution in [0.15, 0.2) is 12.2 Å². The molecule has 0 spiro atoms. The second-order valence-electron chi connectivity index (χ2n) is 5.09. The van der Waals surface area contributed by atoms with Crippen LogP contribution in [0.3, 0.4) is 0 Å². The van der Waals surface area contributed by atoms with Gasteiger partial charge in [-0.1, -0.05) is 12.2 Å². The summed E-state index contributed by atoms with van der Waals surface area (Å²) in [4.78, 5) is 13.8. The van der Waals surface area contributed by atoms with E-state index in [1.165, 1.54) is 0 Å². The summed E-state index contributed by atoms with van der Waals surface area (Å²) in [5.74, 6) is 0.454. The van der Waals surface area contributed by atoms with E-state index in [0.29, 0.717) is 18.9 Å². The largest absolute Gasteiger partial charge is 0.355 e. The molecule has 1 fully saturated rings. The summed E-state index contributed by atoms with van der Waals surface area (Å²) in [6.07, 6.45) is 3.41. The molecule has 2 unspecified atom stereocenters. The fourth-order valence-corrected chi connectivity index (χ4v) is 2.42. The number of hydrogen-bond acceptors (Lipinski definition) is 2. The van der Waals surface area contributed by atoms with Gasteiger partial charge >= 0.3 is 0 Å². The number of allylic oxidation sites excluding steroid dienone is 1. The lowest BCUT2D eigenvalue weighted by Crippen LogP contribution is -2.33. The number of nitrogens with one attached hydrogen (secondary N) is 1. The van der Waals surface area contributed by atoms with Crippen LogP contribution < -0.4 is 5.32 Å². The first-order chi connectivity index (χ1) is 7.99. The Morgan fingerprint density at radius 3 is 2.82 bits per heavy atom. The molecular weight excluding hydrogens is 236 g/mol. The molecule has 4 heteroatoms. The van der Waals surface area contributed by atoms with E-state index in [1.807, 2.05) is 14.1 Å². The average molecular weight is 259 g/mol. The number of rotatable bonds is 5. The van der Waals surface area contributed by atoms with Gasteiger partial charge in [0.15, 0.2) is 0 Å². The summed E-state index contributed by atoms with van der Waals surface area (Å²) in [6, 6.07) is 0. The lowest BCUT2D eigenvalue weighted by molar-refractivity contribution is -0.121. The van der Waals surface area contributed by atoms with Gasteiger partial charge in [0.2, 0.25) is 5.91 Å². The Kier molecular flexibility index (Phi) is 6.00. The Bertz CT molecular complexity index is 279. The van der Waals surface area contributed by atoms with Gasteiger partial charge in [0, 0.05) is 24.9 Å². The van der Waals surface area contributed by atoms with Crippen molar-refractivity contribution in [1.82, 2.24) is 10.2 Å². The first-order valence-corrected chi connectivity index (χ1v) is 6.66. The first-order valence-electron chi connectivity index (χ1n) is 6.22. The number of amides is 1. The summed E-state index contributed by atoms with van der Waals surface area (Å²) in [6.45, 7) is 5.62. The van der Waals surface area contributed by atoms with Gasteiger partial charge in [-0.2, -0.15) is 0 Å². The summed E-state index contributed by atoms with van der Waals surface area (Å²) in [5, 5.41) is 3.16. The molecule has 1 aliphatic rings. The van der Waals surface area contributed by atoms with Gasteiger partial charge in [0.1, 0.15) is 0 Å². The fraction of sp³-hybridized carbons (Fsp3) is 0.769. The van der Waals surface area contributed by atoms with Crippen LogP contribution >= 0.6 is 11.6 Å². The standard InChI is InChI=1S/C13H23ClN2O/c1-10-8-12(14)5-4-11(10)9-13(17)15-6-7-16(2)3/h11-12H,1,4-9H2,2-3H3,(H,15,17). The second-order valence-corrected chi connectivity index (χ2v) is 5.71. The molecule has 1 amide bonds. The van der Waals surface area contributed by atoms with Crippen LogP contribution in [-0.4, -0.2) is 43.4 Å². The zero-order chi connectivity index (χ0) is 12.8. The Labute approximate surface area is 109 Å². The minimum Gasteiger partial charge on any atom is -0.355 e. The van der Waals surface area contributed by atoms with Crippen molar-refractivity contribution in [1.29, 1.82) is 0 Å². The van der Waals surface area contributed by atoms with Gasteiger partial charge in [-0.05, 0) is 39.3 Å². The van der Waals surface area contributed by atoms with Crippen molar-refractivity contribution in [3.8, 4) is 0 Å². The molecule has 3 nitrogen and oxygen atoms in total. The molecule has 1 N–H and O–H groups in total. The number of carbonyl (C=O) groups is 1. The Morgan fingerprint density at radius 2 is 2.24 bits per heavy atom. The number of alkyl halides is 1. The molecule has 1 aliphatic carbocycles. The van der Waals surface area contributed by atoms with E-state index >= 15 is 0 Å². The van der Waals surface area contributed by atoms with Crippen molar-refractivity contribution in [2.24, 2.45) is 5.92 Å². The van der Waals surface area contributed by atoms with Crippen molar-refractivity contribution in [3.05, 3.63) is 12.2 Å². The van der Waals surface area contributed by atoms with Crippen molar-refractivity contribution < 1.29 is 4.79 Å². The maximum atomic E-state index is 11.7. The Balaban J connectivity index is 2.24. The van der Waals surface area contributed by atoms with Crippen LogP contribution in [0.2, 0.25) is 0 Å². The molecule has 1 rings (SSSR count). The topological polar surface area (TPSA) is 32.3 Å². The number of nitrogens with zero attached hydrogens (tertiary/aromatic N) is 1. The monoisotopic (exact) mass is 258 g/mol. The minimum absolute atomic E-state index is 0.131. The molecule has 98 valence electrons. The highest BCUT2D eigenvalue weighted by molar-refractivity contribution is 6.20. The molecule has 0 saturated heterocycles. The van der Waals surface area contributed by atoms with Gasteiger partial charge in [-0.3, -0.25) is 4.79 Å². The minimum atomic E-state index is 0.131. The van der Waals surface area contributed by atoms with Crippen molar-refractivity contribution in [2.45, 2.75) is 31.1 Å². The highest BCUT2D eigenvalue weighted by Gasteiger charge is 2.24. The molecule has 0 bridgehead atoms. The highest BCUT2D eigenvalue weighted by atomic mass is 35.5. The Hall–Kier alpha value is -0.540. The van der Waals surface area contributed by atoms with Crippen LogP contribution in [0.1, 0.15) is 25.7 Å². The fourth-order valence-electron chi connectivity index (χ4n) is 2.10. The maximum absolute atomic E-state index is 11.7. The molecular formula is C13H23ClN2O. The normalized spacial score (nSPS) is 25.1. The van der Waals surface area contributed by atoms with Crippen LogP contribution in [-0.2, 0) is 4.79 Å². The summed E-state index contributed by atoms with van der Waals surface area (Å²) < 4.78 is 0. The van der Waals surface area contributed by atoms with Crippen LogP contribution in [0.25, 0.3) is 0 Å². The van der Waals surface area contributed by atoms with Crippen molar-refractivity contribution >= 4 is 17.5 Å². The molecule has 0 radical (unpaired) electrons. The first kappa shape index (κ1) is 14.5. The van der Waals surface area contributed by atoms with Gasteiger partial charge < -0.3 is 10.2 Å². The van der Waals surface area contributed by atoms with Gasteiger partial charge in [0.05, 0.1) is 0 Å². The highest BCUT2D eigenvalue weighted by Crippen LogP contribution is 2.33. The molecule has 1 saturated carbocycles. The lowest BCUT2D eigenvalue weighted by atomic mass is 9.83. The molecule has 17 heavy (non-hydrogen) atoms. The summed E-state index contributed by atoms with van der Waals surface area (Å²) in [7, 11) is 3.99. The molecule has 0 heterocycles. The van der Waals surface area contributed by atoms with Crippen LogP contribution in [0.4, 0.5) is 0 Å². The van der Waals surface area contributed by atoms with Gasteiger partial charge in [0.25, 0.3) is 0 Å². The molecule has 0 aliphatic heterocycles. The van der Waals surface area contributed by atoms with E-state index in [1.54, 1.807) is 0 Å². The van der Waals surface area contributed by atoms with E-state index in [4.69, 9.17) is 11.6 Å². The van der Waals surface area contributed by atoms with Crippen LogP contribution in [0, 0.1) is 5.92 Å². The summed E-state index contributed by atoms with van der Waals surface area (Å²) >= 11 is 6.06.